The zero-order valence-corrected chi connectivity index (χ0v) is 15.2. The van der Waals surface area contributed by atoms with Gasteiger partial charge >= 0.3 is 0 Å². The molecule has 2 aromatic heterocycles. The Morgan fingerprint density at radius 1 is 1.26 bits per heavy atom. The van der Waals surface area contributed by atoms with Crippen molar-refractivity contribution in [3.05, 3.63) is 53.1 Å². The van der Waals surface area contributed by atoms with Gasteiger partial charge in [0.1, 0.15) is 42.1 Å². The Bertz CT molecular complexity index is 1050. The quantitative estimate of drug-likeness (QED) is 0.718. The van der Waals surface area contributed by atoms with E-state index < -0.39 is 24.4 Å². The molecule has 4 rings (SSSR count). The fraction of sp³-hybridized carbons (Fsp3) is 0.316. The van der Waals surface area contributed by atoms with Crippen LogP contribution in [-0.2, 0) is 0 Å². The molecule has 0 saturated heterocycles. The molecule has 138 valence electrons. The lowest BCUT2D eigenvalue weighted by molar-refractivity contribution is -0.0164. The first-order chi connectivity index (χ1) is 13.0. The summed E-state index contributed by atoms with van der Waals surface area (Å²) >= 11 is 5.91. The van der Waals surface area contributed by atoms with Crippen LogP contribution in [0.15, 0.2) is 36.8 Å². The Kier molecular flexibility index (Phi) is 4.48. The molecule has 1 aliphatic rings. The molecule has 1 aliphatic carbocycles. The highest BCUT2D eigenvalue weighted by atomic mass is 35.5. The molecule has 2 heterocycles. The summed E-state index contributed by atoms with van der Waals surface area (Å²) in [6.07, 6.45) is 0.878. The smallest absolute Gasteiger partial charge is 0.143 e. The first-order valence-electron chi connectivity index (χ1n) is 8.50. The summed E-state index contributed by atoms with van der Waals surface area (Å²) in [4.78, 5) is 8.49. The Hall–Kier alpha value is -2.66. The van der Waals surface area contributed by atoms with Crippen LogP contribution in [0.3, 0.4) is 0 Å². The predicted octanol–water partition coefficient (Wildman–Crippen LogP) is 2.38. The molecule has 3 aromatic rings. The maximum absolute atomic E-state index is 10.6. The van der Waals surface area contributed by atoms with Crippen molar-refractivity contribution in [3.63, 3.8) is 0 Å². The number of aliphatic hydroxyl groups excluding tert-OH is 2. The van der Waals surface area contributed by atoms with E-state index in [-0.39, 0.29) is 5.56 Å². The van der Waals surface area contributed by atoms with Crippen LogP contribution in [-0.4, -0.2) is 43.1 Å². The molecule has 0 unspecified atom stereocenters. The average Bonchev–Trinajstić information content (AvgIpc) is 3.20. The fourth-order valence-electron chi connectivity index (χ4n) is 3.58. The molecule has 1 aromatic carbocycles. The molecule has 2 N–H and O–H groups in total. The zero-order chi connectivity index (χ0) is 19.1. The van der Waals surface area contributed by atoms with E-state index in [4.69, 9.17) is 16.3 Å². The van der Waals surface area contributed by atoms with Gasteiger partial charge in [-0.25, -0.2) is 9.97 Å². The normalized spacial score (nSPS) is 24.9. The van der Waals surface area contributed by atoms with Crippen LogP contribution in [0.25, 0.3) is 11.0 Å². The van der Waals surface area contributed by atoms with Gasteiger partial charge in [0.25, 0.3) is 0 Å². The minimum absolute atomic E-state index is 0.280. The number of rotatable bonds is 3. The second-order valence-corrected chi connectivity index (χ2v) is 7.05. The van der Waals surface area contributed by atoms with Crippen molar-refractivity contribution in [1.82, 2.24) is 14.5 Å². The van der Waals surface area contributed by atoms with Crippen LogP contribution >= 0.6 is 11.6 Å². The van der Waals surface area contributed by atoms with Crippen LogP contribution < -0.4 is 4.74 Å². The number of aromatic nitrogens is 3. The summed E-state index contributed by atoms with van der Waals surface area (Å²) in [6, 6.07) is 8.23. The number of nitriles is 1. The predicted molar refractivity (Wildman–Crippen MR) is 98.5 cm³/mol. The summed E-state index contributed by atoms with van der Waals surface area (Å²) in [5.74, 6) is 0.328. The first kappa shape index (κ1) is 17.7. The van der Waals surface area contributed by atoms with Crippen LogP contribution in [0.1, 0.15) is 23.7 Å². The van der Waals surface area contributed by atoms with Gasteiger partial charge in [-0.05, 0) is 31.2 Å². The standard InChI is InChI=1S/C19H17ClN4O3/c1-10-13-4-5-24(19(13)23-9-22-10)14-7-16(18(26)17(14)25)27-15-3-2-12(20)6-11(15)8-21/h2-6,9,14,16-18,25-26H,7H2,1H3/t14-,16+,17+,18-/m1/s1. The van der Waals surface area contributed by atoms with E-state index in [1.807, 2.05) is 29.8 Å². The highest BCUT2D eigenvalue weighted by Crippen LogP contribution is 2.36. The Morgan fingerprint density at radius 3 is 2.85 bits per heavy atom. The van der Waals surface area contributed by atoms with Crippen LogP contribution in [0.2, 0.25) is 5.02 Å². The largest absolute Gasteiger partial charge is 0.486 e. The topological polar surface area (TPSA) is 104 Å². The Labute approximate surface area is 160 Å². The summed E-state index contributed by atoms with van der Waals surface area (Å²) in [7, 11) is 0. The first-order valence-corrected chi connectivity index (χ1v) is 8.88. The Balaban J connectivity index is 1.63. The third-order valence-corrected chi connectivity index (χ3v) is 5.24. The average molecular weight is 385 g/mol. The van der Waals surface area contributed by atoms with Gasteiger partial charge in [0.05, 0.1) is 17.3 Å². The van der Waals surface area contributed by atoms with Gasteiger partial charge < -0.3 is 19.5 Å². The SMILES string of the molecule is Cc1ncnc2c1ccn2[C@@H]1C[C@H](Oc2ccc(Cl)cc2C#N)[C@@H](O)[C@H]1O. The van der Waals surface area contributed by atoms with Gasteiger partial charge in [0, 0.05) is 23.0 Å². The number of benzene rings is 1. The molecule has 0 bridgehead atoms. The summed E-state index contributed by atoms with van der Waals surface area (Å²) in [5, 5.41) is 31.7. The summed E-state index contributed by atoms with van der Waals surface area (Å²) < 4.78 is 7.70. The molecule has 0 radical (unpaired) electrons. The highest BCUT2D eigenvalue weighted by molar-refractivity contribution is 6.30. The van der Waals surface area contributed by atoms with Crippen molar-refractivity contribution < 1.29 is 14.9 Å². The summed E-state index contributed by atoms with van der Waals surface area (Å²) in [5.41, 5.74) is 1.82. The zero-order valence-electron chi connectivity index (χ0n) is 14.5. The van der Waals surface area contributed by atoms with E-state index in [9.17, 15) is 15.5 Å². The molecule has 0 spiro atoms. The molecule has 8 heteroatoms. The van der Waals surface area contributed by atoms with Crippen molar-refractivity contribution >= 4 is 22.6 Å². The molecular formula is C19H17ClN4O3. The lowest BCUT2D eigenvalue weighted by Crippen LogP contribution is -2.34. The van der Waals surface area contributed by atoms with Gasteiger partial charge in [0.2, 0.25) is 0 Å². The lowest BCUT2D eigenvalue weighted by atomic mass is 10.2. The van der Waals surface area contributed by atoms with Crippen LogP contribution in [0, 0.1) is 18.3 Å². The van der Waals surface area contributed by atoms with Gasteiger partial charge in [-0.1, -0.05) is 11.6 Å². The molecule has 0 amide bonds. The molecule has 4 atom stereocenters. The van der Waals surface area contributed by atoms with E-state index >= 15 is 0 Å². The summed E-state index contributed by atoms with van der Waals surface area (Å²) in [6.45, 7) is 1.89. The van der Waals surface area contributed by atoms with E-state index in [0.717, 1.165) is 11.1 Å². The number of fused-ring (bicyclic) bond motifs is 1. The minimum Gasteiger partial charge on any atom is -0.486 e. The number of halogens is 1. The maximum atomic E-state index is 10.6. The van der Waals surface area contributed by atoms with Gasteiger partial charge in [-0.3, -0.25) is 0 Å². The van der Waals surface area contributed by atoms with Crippen molar-refractivity contribution in [3.8, 4) is 11.8 Å². The highest BCUT2D eigenvalue weighted by Gasteiger charge is 2.44. The van der Waals surface area contributed by atoms with Gasteiger partial charge in [-0.2, -0.15) is 5.26 Å². The second kappa shape index (κ2) is 6.82. The third-order valence-electron chi connectivity index (χ3n) is 5.01. The lowest BCUT2D eigenvalue weighted by Gasteiger charge is -2.19. The number of aliphatic hydroxyl groups is 2. The van der Waals surface area contributed by atoms with E-state index in [2.05, 4.69) is 9.97 Å². The van der Waals surface area contributed by atoms with Crippen molar-refractivity contribution in [2.45, 2.75) is 37.7 Å². The monoisotopic (exact) mass is 384 g/mol. The molecular weight excluding hydrogens is 368 g/mol. The number of hydrogen-bond acceptors (Lipinski definition) is 6. The van der Waals surface area contributed by atoms with Gasteiger partial charge in [-0.15, -0.1) is 0 Å². The van der Waals surface area contributed by atoms with Gasteiger partial charge in [0.15, 0.2) is 0 Å². The maximum Gasteiger partial charge on any atom is 0.143 e. The van der Waals surface area contributed by atoms with E-state index in [1.54, 1.807) is 12.1 Å². The van der Waals surface area contributed by atoms with E-state index in [0.29, 0.717) is 22.8 Å². The van der Waals surface area contributed by atoms with Crippen molar-refractivity contribution in [1.29, 1.82) is 5.26 Å². The van der Waals surface area contributed by atoms with E-state index in [1.165, 1.54) is 12.4 Å². The minimum atomic E-state index is -1.10. The molecule has 27 heavy (non-hydrogen) atoms. The Morgan fingerprint density at radius 2 is 2.07 bits per heavy atom. The van der Waals surface area contributed by atoms with Crippen molar-refractivity contribution in [2.24, 2.45) is 0 Å². The second-order valence-electron chi connectivity index (χ2n) is 6.61. The molecule has 1 saturated carbocycles. The van der Waals surface area contributed by atoms with Crippen molar-refractivity contribution in [2.75, 3.05) is 0 Å². The molecule has 1 fully saturated rings. The van der Waals surface area contributed by atoms with Crippen LogP contribution in [0.5, 0.6) is 5.75 Å². The fourth-order valence-corrected chi connectivity index (χ4v) is 3.75. The van der Waals surface area contributed by atoms with Crippen LogP contribution in [0.4, 0.5) is 0 Å². The number of nitrogens with zero attached hydrogens (tertiary/aromatic N) is 4. The number of hydrogen-bond donors (Lipinski definition) is 2. The number of aryl methyl sites for hydroxylation is 1. The molecule has 0 aliphatic heterocycles. The third kappa shape index (κ3) is 3.02. The number of ether oxygens (including phenoxy) is 1. The molecule has 7 nitrogen and oxygen atoms in total.